The zero-order valence-corrected chi connectivity index (χ0v) is 14.0. The third-order valence-corrected chi connectivity index (χ3v) is 4.14. The summed E-state index contributed by atoms with van der Waals surface area (Å²) in [6.07, 6.45) is 13.9. The molecule has 1 aromatic carbocycles. The summed E-state index contributed by atoms with van der Waals surface area (Å²) in [4.78, 5) is 4.82. The first-order chi connectivity index (χ1) is 10.9. The first-order valence-electron chi connectivity index (χ1n) is 8.97. The molecule has 0 atom stereocenters. The van der Waals surface area contributed by atoms with E-state index in [0.29, 0.717) is 0 Å². The summed E-state index contributed by atoms with van der Waals surface area (Å²) in [6.45, 7) is 3.34. The van der Waals surface area contributed by atoms with Crippen molar-refractivity contribution in [3.8, 4) is 0 Å². The maximum absolute atomic E-state index is 4.82. The Bertz CT molecular complexity index is 474. The molecule has 0 radical (unpaired) electrons. The monoisotopic (exact) mass is 298 g/mol. The average Bonchev–Trinajstić information content (AvgIpc) is 2.56. The Kier molecular flexibility index (Phi) is 7.79. The van der Waals surface area contributed by atoms with Gasteiger partial charge in [-0.2, -0.15) is 0 Å². The number of rotatable bonds is 9. The van der Waals surface area contributed by atoms with Gasteiger partial charge in [0.05, 0.1) is 17.1 Å². The Morgan fingerprint density at radius 3 is 2.59 bits per heavy atom. The predicted octanol–water partition coefficient (Wildman–Crippen LogP) is 5.78. The van der Waals surface area contributed by atoms with E-state index in [9.17, 15) is 0 Å². The molecule has 2 heteroatoms. The number of aliphatic imine (C=N–C) groups is 1. The smallest absolute Gasteiger partial charge is 0.0638 e. The largest absolute Gasteiger partial charge is 0.384 e. The quantitative estimate of drug-likeness (QED) is 0.574. The third-order valence-electron chi connectivity index (χ3n) is 4.14. The van der Waals surface area contributed by atoms with Crippen LogP contribution in [0.5, 0.6) is 0 Å². The number of nitrogens with one attached hydrogen (secondary N) is 1. The van der Waals surface area contributed by atoms with Crippen molar-refractivity contribution in [1.82, 2.24) is 5.32 Å². The fourth-order valence-corrected chi connectivity index (χ4v) is 2.85. The van der Waals surface area contributed by atoms with Gasteiger partial charge in [-0.15, -0.1) is 0 Å². The van der Waals surface area contributed by atoms with Gasteiger partial charge in [0.25, 0.3) is 0 Å². The van der Waals surface area contributed by atoms with Crippen LogP contribution in [0.25, 0.3) is 0 Å². The first-order valence-corrected chi connectivity index (χ1v) is 8.97. The van der Waals surface area contributed by atoms with E-state index in [4.69, 9.17) is 4.99 Å². The molecule has 0 saturated carbocycles. The maximum Gasteiger partial charge on any atom is 0.0638 e. The van der Waals surface area contributed by atoms with E-state index in [1.54, 1.807) is 0 Å². The number of nitrogens with zero attached hydrogens (tertiary/aromatic N) is 1. The van der Waals surface area contributed by atoms with Crippen molar-refractivity contribution < 1.29 is 0 Å². The summed E-state index contributed by atoms with van der Waals surface area (Å²) in [5.74, 6) is 0. The second-order valence-corrected chi connectivity index (χ2v) is 6.10. The van der Waals surface area contributed by atoms with E-state index in [2.05, 4.69) is 42.6 Å². The zero-order valence-electron chi connectivity index (χ0n) is 14.0. The summed E-state index contributed by atoms with van der Waals surface area (Å²) in [5, 5.41) is 3.61. The molecular weight excluding hydrogens is 268 g/mol. The summed E-state index contributed by atoms with van der Waals surface area (Å²) in [5.41, 5.74) is 3.55. The van der Waals surface area contributed by atoms with E-state index in [-0.39, 0.29) is 0 Å². The van der Waals surface area contributed by atoms with Gasteiger partial charge in [0, 0.05) is 6.54 Å². The van der Waals surface area contributed by atoms with Gasteiger partial charge < -0.3 is 5.32 Å². The molecule has 1 aliphatic rings. The molecule has 1 aromatic rings. The van der Waals surface area contributed by atoms with Crippen LogP contribution >= 0.6 is 0 Å². The molecule has 0 heterocycles. The highest BCUT2D eigenvalue weighted by atomic mass is 14.9. The van der Waals surface area contributed by atoms with Crippen molar-refractivity contribution in [2.24, 2.45) is 4.99 Å². The van der Waals surface area contributed by atoms with Crippen molar-refractivity contribution in [3.63, 3.8) is 0 Å². The van der Waals surface area contributed by atoms with Crippen LogP contribution in [0.4, 0.5) is 5.69 Å². The van der Waals surface area contributed by atoms with Gasteiger partial charge in [0.1, 0.15) is 0 Å². The molecule has 1 N–H and O–H groups in total. The molecule has 0 aliphatic heterocycles. The van der Waals surface area contributed by atoms with E-state index < -0.39 is 0 Å². The number of para-hydroxylation sites is 1. The standard InChI is InChI=1S/C20H30N2/c1-2-3-4-5-6-12-17-21-19-15-10-11-16-20(19)22-18-13-8-7-9-14-18/h7-9,13-15,21H,2-6,10-12,16-17H2,1H3. The third kappa shape index (κ3) is 6.05. The van der Waals surface area contributed by atoms with E-state index in [0.717, 1.165) is 18.7 Å². The molecule has 2 nitrogen and oxygen atoms in total. The lowest BCUT2D eigenvalue weighted by Gasteiger charge is -2.18. The van der Waals surface area contributed by atoms with Gasteiger partial charge >= 0.3 is 0 Å². The lowest BCUT2D eigenvalue weighted by molar-refractivity contribution is 0.594. The van der Waals surface area contributed by atoms with Crippen molar-refractivity contribution in [2.75, 3.05) is 6.54 Å². The van der Waals surface area contributed by atoms with Gasteiger partial charge in [-0.3, -0.25) is 4.99 Å². The van der Waals surface area contributed by atoms with Crippen LogP contribution in [0.1, 0.15) is 64.7 Å². The van der Waals surface area contributed by atoms with Crippen LogP contribution in [0.15, 0.2) is 47.1 Å². The molecule has 22 heavy (non-hydrogen) atoms. The second kappa shape index (κ2) is 10.2. The Balaban J connectivity index is 1.78. The molecule has 120 valence electrons. The van der Waals surface area contributed by atoms with Crippen LogP contribution in [0, 0.1) is 0 Å². The van der Waals surface area contributed by atoms with Gasteiger partial charge in [0.15, 0.2) is 0 Å². The second-order valence-electron chi connectivity index (χ2n) is 6.10. The van der Waals surface area contributed by atoms with Crippen LogP contribution in [-0.4, -0.2) is 12.3 Å². The molecule has 2 rings (SSSR count). The SMILES string of the molecule is CCCCCCCCNC1=CCCCC1=Nc1ccccc1. The maximum atomic E-state index is 4.82. The Labute approximate surface area is 135 Å². The fourth-order valence-electron chi connectivity index (χ4n) is 2.85. The zero-order chi connectivity index (χ0) is 15.5. The van der Waals surface area contributed by atoms with Crippen molar-refractivity contribution in [2.45, 2.75) is 64.7 Å². The lowest BCUT2D eigenvalue weighted by atomic mass is 10.0. The molecular formula is C20H30N2. The minimum Gasteiger partial charge on any atom is -0.384 e. The number of allylic oxidation sites excluding steroid dienone is 2. The highest BCUT2D eigenvalue weighted by Gasteiger charge is 2.11. The highest BCUT2D eigenvalue weighted by molar-refractivity contribution is 6.01. The average molecular weight is 298 g/mol. The number of unbranched alkanes of at least 4 members (excludes halogenated alkanes) is 5. The molecule has 1 aliphatic carbocycles. The molecule has 0 spiro atoms. The van der Waals surface area contributed by atoms with Crippen molar-refractivity contribution in [1.29, 1.82) is 0 Å². The predicted molar refractivity (Wildman–Crippen MR) is 96.8 cm³/mol. The first kappa shape index (κ1) is 16.8. The van der Waals surface area contributed by atoms with E-state index in [1.807, 2.05) is 6.07 Å². The summed E-state index contributed by atoms with van der Waals surface area (Å²) < 4.78 is 0. The van der Waals surface area contributed by atoms with Crippen LogP contribution in [0.2, 0.25) is 0 Å². The number of hydrogen-bond acceptors (Lipinski definition) is 2. The molecule has 0 saturated heterocycles. The summed E-state index contributed by atoms with van der Waals surface area (Å²) in [6, 6.07) is 10.3. The normalized spacial score (nSPS) is 16.6. The van der Waals surface area contributed by atoms with Gasteiger partial charge in [-0.1, -0.05) is 63.3 Å². The summed E-state index contributed by atoms with van der Waals surface area (Å²) >= 11 is 0. The Morgan fingerprint density at radius 1 is 1.00 bits per heavy atom. The minimum atomic E-state index is 1.06. The topological polar surface area (TPSA) is 24.4 Å². The van der Waals surface area contributed by atoms with Gasteiger partial charge in [-0.05, 0) is 37.8 Å². The Morgan fingerprint density at radius 2 is 1.77 bits per heavy atom. The molecule has 0 unspecified atom stereocenters. The van der Waals surface area contributed by atoms with E-state index >= 15 is 0 Å². The lowest BCUT2D eigenvalue weighted by Crippen LogP contribution is -2.23. The minimum absolute atomic E-state index is 1.06. The van der Waals surface area contributed by atoms with Crippen LogP contribution in [0.3, 0.4) is 0 Å². The fraction of sp³-hybridized carbons (Fsp3) is 0.550. The van der Waals surface area contributed by atoms with Gasteiger partial charge in [-0.25, -0.2) is 0 Å². The van der Waals surface area contributed by atoms with Gasteiger partial charge in [0.2, 0.25) is 0 Å². The Hall–Kier alpha value is -1.57. The molecule has 0 aromatic heterocycles. The number of benzene rings is 1. The molecule has 0 bridgehead atoms. The van der Waals surface area contributed by atoms with Crippen molar-refractivity contribution in [3.05, 3.63) is 42.1 Å². The van der Waals surface area contributed by atoms with Crippen LogP contribution in [-0.2, 0) is 0 Å². The van der Waals surface area contributed by atoms with Crippen molar-refractivity contribution >= 4 is 11.4 Å². The molecule has 0 fully saturated rings. The van der Waals surface area contributed by atoms with Crippen LogP contribution < -0.4 is 5.32 Å². The van der Waals surface area contributed by atoms with E-state index in [1.165, 1.54) is 62.8 Å². The summed E-state index contributed by atoms with van der Waals surface area (Å²) in [7, 11) is 0. The number of hydrogen-bond donors (Lipinski definition) is 1. The highest BCUT2D eigenvalue weighted by Crippen LogP contribution is 2.19. The molecule has 0 amide bonds.